The highest BCUT2D eigenvalue weighted by Gasteiger charge is 2.30. The summed E-state index contributed by atoms with van der Waals surface area (Å²) in [7, 11) is 0. The molecule has 1 aromatic rings. The lowest BCUT2D eigenvalue weighted by Gasteiger charge is -2.24. The van der Waals surface area contributed by atoms with Crippen LogP contribution in [0.15, 0.2) is 30.0 Å². The van der Waals surface area contributed by atoms with E-state index in [4.69, 9.17) is 5.11 Å². The third-order valence-corrected chi connectivity index (χ3v) is 4.68. The number of aliphatic hydroxyl groups excluding tert-OH is 1. The Morgan fingerprint density at radius 2 is 1.88 bits per heavy atom. The molecule has 136 valence electrons. The molecule has 0 spiro atoms. The minimum Gasteiger partial charge on any atom is -0.395 e. The number of carbonyl (C=O) groups excluding carboxylic acids is 2. The molecule has 0 aromatic heterocycles. The van der Waals surface area contributed by atoms with Crippen LogP contribution in [0.5, 0.6) is 0 Å². The molecular weight excluding hydrogens is 332 g/mol. The second kappa shape index (κ2) is 8.02. The van der Waals surface area contributed by atoms with Crippen LogP contribution in [0, 0.1) is 11.3 Å². The van der Waals surface area contributed by atoms with Crippen molar-refractivity contribution in [3.63, 3.8) is 0 Å². The number of nitrogens with zero attached hydrogens (tertiary/aromatic N) is 3. The second-order valence-electron chi connectivity index (χ2n) is 6.45. The van der Waals surface area contributed by atoms with Gasteiger partial charge < -0.3 is 15.3 Å². The van der Waals surface area contributed by atoms with Crippen LogP contribution in [0.2, 0.25) is 0 Å². The van der Waals surface area contributed by atoms with E-state index in [1.165, 1.54) is 18.9 Å². The van der Waals surface area contributed by atoms with Gasteiger partial charge in [-0.25, -0.2) is 0 Å². The van der Waals surface area contributed by atoms with Gasteiger partial charge in [0.05, 0.1) is 24.4 Å². The van der Waals surface area contributed by atoms with Gasteiger partial charge in [-0.15, -0.1) is 0 Å². The highest BCUT2D eigenvalue weighted by Crippen LogP contribution is 2.27. The number of imide groups is 1. The first-order valence-electron chi connectivity index (χ1n) is 8.88. The summed E-state index contributed by atoms with van der Waals surface area (Å²) in [6.45, 7) is 1.57. The van der Waals surface area contributed by atoms with Crippen molar-refractivity contribution in [1.29, 1.82) is 5.26 Å². The number of carbonyl (C=O) groups is 2. The summed E-state index contributed by atoms with van der Waals surface area (Å²) in [6.07, 6.45) is 5.89. The van der Waals surface area contributed by atoms with Crippen LogP contribution in [-0.2, 0) is 9.59 Å². The largest absolute Gasteiger partial charge is 0.395 e. The van der Waals surface area contributed by atoms with Crippen molar-refractivity contribution < 1.29 is 14.7 Å². The monoisotopic (exact) mass is 354 g/mol. The molecule has 0 unspecified atom stereocenters. The van der Waals surface area contributed by atoms with Crippen molar-refractivity contribution in [3.8, 4) is 6.07 Å². The molecule has 7 nitrogen and oxygen atoms in total. The fourth-order valence-corrected chi connectivity index (χ4v) is 3.36. The molecule has 2 aliphatic heterocycles. The number of benzene rings is 1. The average Bonchev–Trinajstić information content (AvgIpc) is 2.85. The molecule has 26 heavy (non-hydrogen) atoms. The number of β-amino-alcohol motifs (C(OH)–C–C–N with tert-alkyl or cyclic N) is 1. The van der Waals surface area contributed by atoms with Crippen molar-refractivity contribution in [1.82, 2.24) is 4.90 Å². The van der Waals surface area contributed by atoms with E-state index in [1.54, 1.807) is 6.07 Å². The Labute approximate surface area is 152 Å². The smallest absolute Gasteiger partial charge is 0.277 e. The molecule has 0 atom stereocenters. The third kappa shape index (κ3) is 3.70. The standard InChI is InChI=1S/C19H22N4O3/c20-13-14-11-15(5-6-17(14)22-7-3-1-2-4-8-22)21-16-12-18(25)23(9-10-24)19(16)26/h5-6,11-12,21,24H,1-4,7-10H2. The number of amides is 2. The molecule has 1 aromatic carbocycles. The normalized spacial score (nSPS) is 17.8. The molecule has 0 radical (unpaired) electrons. The predicted octanol–water partition coefficient (Wildman–Crippen LogP) is 1.60. The summed E-state index contributed by atoms with van der Waals surface area (Å²) in [4.78, 5) is 27.2. The van der Waals surface area contributed by atoms with Crippen LogP contribution in [0.4, 0.5) is 11.4 Å². The fourth-order valence-electron chi connectivity index (χ4n) is 3.36. The molecule has 0 saturated carbocycles. The van der Waals surface area contributed by atoms with Gasteiger partial charge in [-0.3, -0.25) is 14.5 Å². The number of rotatable bonds is 5. The zero-order valence-electron chi connectivity index (χ0n) is 14.6. The molecule has 3 rings (SSSR count). The SMILES string of the molecule is N#Cc1cc(NC2=CC(=O)N(CCO)C2=O)ccc1N1CCCCCC1. The Balaban J connectivity index is 1.78. The number of hydrogen-bond acceptors (Lipinski definition) is 6. The third-order valence-electron chi connectivity index (χ3n) is 4.68. The maximum absolute atomic E-state index is 12.2. The zero-order chi connectivity index (χ0) is 18.5. The van der Waals surface area contributed by atoms with Crippen molar-refractivity contribution in [2.24, 2.45) is 0 Å². The Morgan fingerprint density at radius 3 is 2.54 bits per heavy atom. The maximum Gasteiger partial charge on any atom is 0.277 e. The number of nitrogens with one attached hydrogen (secondary N) is 1. The molecule has 1 saturated heterocycles. The van der Waals surface area contributed by atoms with Gasteiger partial charge in [0.1, 0.15) is 11.8 Å². The van der Waals surface area contributed by atoms with Gasteiger partial charge >= 0.3 is 0 Å². The van der Waals surface area contributed by atoms with Gasteiger partial charge in [0.2, 0.25) is 0 Å². The van der Waals surface area contributed by atoms with E-state index >= 15 is 0 Å². The number of aliphatic hydroxyl groups is 1. The molecular formula is C19H22N4O3. The molecule has 1 fully saturated rings. The quantitative estimate of drug-likeness (QED) is 0.780. The molecule has 2 amide bonds. The zero-order valence-corrected chi connectivity index (χ0v) is 14.6. The second-order valence-corrected chi connectivity index (χ2v) is 6.45. The van der Waals surface area contributed by atoms with E-state index in [0.29, 0.717) is 11.3 Å². The number of hydrogen-bond donors (Lipinski definition) is 2. The van der Waals surface area contributed by atoms with Crippen molar-refractivity contribution >= 4 is 23.2 Å². The molecule has 0 bridgehead atoms. The number of nitriles is 1. The summed E-state index contributed by atoms with van der Waals surface area (Å²) in [5.74, 6) is -0.924. The van der Waals surface area contributed by atoms with Crippen LogP contribution in [0.1, 0.15) is 31.2 Å². The highest BCUT2D eigenvalue weighted by molar-refractivity contribution is 6.17. The number of anilines is 2. The molecule has 2 N–H and O–H groups in total. The van der Waals surface area contributed by atoms with Crippen LogP contribution in [0.25, 0.3) is 0 Å². The van der Waals surface area contributed by atoms with Crippen LogP contribution < -0.4 is 10.2 Å². The first kappa shape index (κ1) is 18.0. The summed E-state index contributed by atoms with van der Waals surface area (Å²) < 4.78 is 0. The average molecular weight is 354 g/mol. The Morgan fingerprint density at radius 1 is 1.15 bits per heavy atom. The van der Waals surface area contributed by atoms with Crippen LogP contribution in [-0.4, -0.2) is 48.1 Å². The summed E-state index contributed by atoms with van der Waals surface area (Å²) in [6, 6.07) is 7.64. The fraction of sp³-hybridized carbons (Fsp3) is 0.421. The van der Waals surface area contributed by atoms with E-state index in [0.717, 1.165) is 36.5 Å². The lowest BCUT2D eigenvalue weighted by molar-refractivity contribution is -0.137. The van der Waals surface area contributed by atoms with Crippen LogP contribution in [0.3, 0.4) is 0 Å². The van der Waals surface area contributed by atoms with E-state index < -0.39 is 11.8 Å². The summed E-state index contributed by atoms with van der Waals surface area (Å²) in [5, 5.41) is 21.4. The minimum absolute atomic E-state index is 0.0311. The highest BCUT2D eigenvalue weighted by atomic mass is 16.3. The molecule has 2 heterocycles. The van der Waals surface area contributed by atoms with Gasteiger partial charge in [-0.2, -0.15) is 5.26 Å². The van der Waals surface area contributed by atoms with Gasteiger partial charge in [-0.05, 0) is 31.0 Å². The van der Waals surface area contributed by atoms with Crippen molar-refractivity contribution in [3.05, 3.63) is 35.5 Å². The van der Waals surface area contributed by atoms with E-state index in [2.05, 4.69) is 16.3 Å². The maximum atomic E-state index is 12.2. The first-order chi connectivity index (χ1) is 12.6. The minimum atomic E-state index is -0.473. The molecule has 2 aliphatic rings. The topological polar surface area (TPSA) is 96.7 Å². The lowest BCUT2D eigenvalue weighted by Crippen LogP contribution is -2.34. The van der Waals surface area contributed by atoms with Gasteiger partial charge in [0.15, 0.2) is 0 Å². The van der Waals surface area contributed by atoms with Crippen molar-refractivity contribution in [2.45, 2.75) is 25.7 Å². The van der Waals surface area contributed by atoms with E-state index in [9.17, 15) is 14.9 Å². The van der Waals surface area contributed by atoms with Gasteiger partial charge in [0.25, 0.3) is 11.8 Å². The van der Waals surface area contributed by atoms with E-state index in [-0.39, 0.29) is 18.8 Å². The summed E-state index contributed by atoms with van der Waals surface area (Å²) >= 11 is 0. The first-order valence-corrected chi connectivity index (χ1v) is 8.88. The van der Waals surface area contributed by atoms with Crippen molar-refractivity contribution in [2.75, 3.05) is 36.5 Å². The summed E-state index contributed by atoms with van der Waals surface area (Å²) in [5.41, 5.74) is 2.18. The predicted molar refractivity (Wildman–Crippen MR) is 97.3 cm³/mol. The lowest BCUT2D eigenvalue weighted by atomic mass is 10.1. The Bertz CT molecular complexity index is 773. The van der Waals surface area contributed by atoms with Gasteiger partial charge in [-0.1, -0.05) is 12.8 Å². The Hall–Kier alpha value is -2.85. The van der Waals surface area contributed by atoms with Gasteiger partial charge in [0, 0.05) is 24.9 Å². The Kier molecular flexibility index (Phi) is 5.54. The van der Waals surface area contributed by atoms with Crippen LogP contribution >= 0.6 is 0 Å². The molecule has 7 heteroatoms. The van der Waals surface area contributed by atoms with E-state index in [1.807, 2.05) is 12.1 Å². The molecule has 0 aliphatic carbocycles.